The van der Waals surface area contributed by atoms with Crippen LogP contribution in [0.15, 0.2) is 41.0 Å². The molecule has 2 N–H and O–H groups in total. The zero-order valence-corrected chi connectivity index (χ0v) is 11.2. The third-order valence-corrected chi connectivity index (χ3v) is 3.46. The minimum absolute atomic E-state index is 0.234. The largest absolute Gasteiger partial charge is 0.481 e. The summed E-state index contributed by atoms with van der Waals surface area (Å²) in [5, 5.41) is 11.5. The Morgan fingerprint density at radius 1 is 1.29 bits per heavy atom. The van der Waals surface area contributed by atoms with Crippen molar-refractivity contribution in [2.75, 3.05) is 0 Å². The lowest BCUT2D eigenvalue weighted by Crippen LogP contribution is -2.26. The molecule has 1 heterocycles. The van der Waals surface area contributed by atoms with Crippen LogP contribution in [0.25, 0.3) is 11.5 Å². The number of carboxylic acids is 1. The molecular weight excluding hydrogens is 272 g/mol. The van der Waals surface area contributed by atoms with Gasteiger partial charge in [-0.1, -0.05) is 18.2 Å². The van der Waals surface area contributed by atoms with Crippen LogP contribution in [0.4, 0.5) is 0 Å². The van der Waals surface area contributed by atoms with Crippen molar-refractivity contribution in [1.29, 1.82) is 0 Å². The molecule has 1 aliphatic rings. The number of hydrogen-bond donors (Lipinski definition) is 2. The second kappa shape index (κ2) is 5.40. The Morgan fingerprint density at radius 2 is 2.05 bits per heavy atom. The van der Waals surface area contributed by atoms with Gasteiger partial charge in [-0.05, 0) is 18.6 Å². The summed E-state index contributed by atoms with van der Waals surface area (Å²) in [5.41, 5.74) is 1.47. The first-order chi connectivity index (χ1) is 10.1. The molecule has 6 nitrogen and oxygen atoms in total. The van der Waals surface area contributed by atoms with Crippen molar-refractivity contribution in [3.63, 3.8) is 0 Å². The Labute approximate surface area is 120 Å². The van der Waals surface area contributed by atoms with Crippen molar-refractivity contribution in [3.05, 3.63) is 42.3 Å². The van der Waals surface area contributed by atoms with Gasteiger partial charge in [0.15, 0.2) is 0 Å². The number of hydrogen-bond acceptors (Lipinski definition) is 4. The number of carbonyl (C=O) groups is 2. The molecule has 2 aromatic rings. The van der Waals surface area contributed by atoms with Gasteiger partial charge in [0.25, 0.3) is 0 Å². The minimum Gasteiger partial charge on any atom is -0.481 e. The highest BCUT2D eigenvalue weighted by Gasteiger charge is 2.48. The van der Waals surface area contributed by atoms with Gasteiger partial charge in [0, 0.05) is 5.56 Å². The normalized spacial score (nSPS) is 20.0. The summed E-state index contributed by atoms with van der Waals surface area (Å²) in [7, 11) is 0. The highest BCUT2D eigenvalue weighted by atomic mass is 16.4. The van der Waals surface area contributed by atoms with Crippen LogP contribution in [-0.4, -0.2) is 22.0 Å². The Balaban J connectivity index is 1.56. The molecule has 1 saturated carbocycles. The van der Waals surface area contributed by atoms with Gasteiger partial charge in [-0.25, -0.2) is 4.98 Å². The molecular formula is C15H14N2O4. The van der Waals surface area contributed by atoms with E-state index in [1.165, 1.54) is 6.26 Å². The lowest BCUT2D eigenvalue weighted by atomic mass is 10.2. The predicted octanol–water partition coefficient (Wildman–Crippen LogP) is 1.68. The molecule has 1 amide bonds. The van der Waals surface area contributed by atoms with E-state index in [1.54, 1.807) is 0 Å². The number of rotatable bonds is 5. The standard InChI is InChI=1S/C15H14N2O4/c18-13(11-6-12(11)15(19)20)16-7-10-8-21-14(17-10)9-4-2-1-3-5-9/h1-5,8,11-12H,6-7H2,(H,16,18)(H,19,20)/t11-,12+/m0/s1. The summed E-state index contributed by atoms with van der Waals surface area (Å²) in [5.74, 6) is -1.62. The van der Waals surface area contributed by atoms with Gasteiger partial charge < -0.3 is 14.8 Å². The third kappa shape index (κ3) is 2.94. The maximum atomic E-state index is 11.7. The quantitative estimate of drug-likeness (QED) is 0.872. The summed E-state index contributed by atoms with van der Waals surface area (Å²) < 4.78 is 5.36. The number of carboxylic acid groups (broad SMARTS) is 1. The fourth-order valence-electron chi connectivity index (χ4n) is 2.17. The summed E-state index contributed by atoms with van der Waals surface area (Å²) in [6.45, 7) is 0.234. The van der Waals surface area contributed by atoms with Crippen molar-refractivity contribution in [1.82, 2.24) is 10.3 Å². The number of benzene rings is 1. The number of aliphatic carboxylic acids is 1. The molecule has 1 fully saturated rings. The predicted molar refractivity (Wildman–Crippen MR) is 73.0 cm³/mol. The first-order valence-electron chi connectivity index (χ1n) is 6.65. The van der Waals surface area contributed by atoms with Crippen LogP contribution in [0.2, 0.25) is 0 Å². The molecule has 21 heavy (non-hydrogen) atoms. The second-order valence-corrected chi connectivity index (χ2v) is 5.01. The molecule has 0 aliphatic heterocycles. The average molecular weight is 286 g/mol. The van der Waals surface area contributed by atoms with Gasteiger partial charge >= 0.3 is 5.97 Å². The maximum absolute atomic E-state index is 11.7. The van der Waals surface area contributed by atoms with Gasteiger partial charge in [0.1, 0.15) is 6.26 Å². The minimum atomic E-state index is -0.914. The molecule has 108 valence electrons. The first-order valence-corrected chi connectivity index (χ1v) is 6.65. The van der Waals surface area contributed by atoms with Crippen molar-refractivity contribution in [2.45, 2.75) is 13.0 Å². The van der Waals surface area contributed by atoms with Crippen molar-refractivity contribution in [3.8, 4) is 11.5 Å². The highest BCUT2D eigenvalue weighted by Crippen LogP contribution is 2.38. The van der Waals surface area contributed by atoms with Crippen LogP contribution in [0.1, 0.15) is 12.1 Å². The fourth-order valence-corrected chi connectivity index (χ4v) is 2.17. The van der Waals surface area contributed by atoms with Gasteiger partial charge in [0.2, 0.25) is 11.8 Å². The smallest absolute Gasteiger partial charge is 0.307 e. The van der Waals surface area contributed by atoms with Crippen molar-refractivity contribution >= 4 is 11.9 Å². The van der Waals surface area contributed by atoms with E-state index in [-0.39, 0.29) is 12.5 Å². The molecule has 0 bridgehead atoms. The average Bonchev–Trinajstić information content (AvgIpc) is 3.17. The SMILES string of the molecule is O=C(NCc1coc(-c2ccccc2)n1)[C@H]1C[C@H]1C(=O)O. The molecule has 6 heteroatoms. The van der Waals surface area contributed by atoms with E-state index in [9.17, 15) is 9.59 Å². The van der Waals surface area contributed by atoms with Crippen molar-refractivity contribution in [2.24, 2.45) is 11.8 Å². The van der Waals surface area contributed by atoms with Gasteiger partial charge in [0.05, 0.1) is 24.1 Å². The molecule has 0 radical (unpaired) electrons. The first kappa shape index (κ1) is 13.4. The lowest BCUT2D eigenvalue weighted by Gasteiger charge is -2.00. The van der Waals surface area contributed by atoms with E-state index in [2.05, 4.69) is 10.3 Å². The molecule has 0 unspecified atom stereocenters. The van der Waals surface area contributed by atoms with E-state index in [4.69, 9.17) is 9.52 Å². The molecule has 0 spiro atoms. The van der Waals surface area contributed by atoms with E-state index in [0.717, 1.165) is 5.56 Å². The Bertz CT molecular complexity index is 665. The van der Waals surface area contributed by atoms with Crippen LogP contribution in [0.3, 0.4) is 0 Å². The van der Waals surface area contributed by atoms with Gasteiger partial charge in [-0.15, -0.1) is 0 Å². The molecule has 2 atom stereocenters. The van der Waals surface area contributed by atoms with Crippen LogP contribution >= 0.6 is 0 Å². The number of carbonyl (C=O) groups excluding carboxylic acids is 1. The number of amides is 1. The number of aromatic nitrogens is 1. The lowest BCUT2D eigenvalue weighted by molar-refractivity contribution is -0.140. The van der Waals surface area contributed by atoms with Crippen LogP contribution in [-0.2, 0) is 16.1 Å². The van der Waals surface area contributed by atoms with E-state index >= 15 is 0 Å². The Hall–Kier alpha value is -2.63. The molecule has 0 saturated heterocycles. The number of oxazole rings is 1. The topological polar surface area (TPSA) is 92.4 Å². The van der Waals surface area contributed by atoms with Gasteiger partial charge in [-0.2, -0.15) is 0 Å². The Kier molecular flexibility index (Phi) is 3.43. The summed E-state index contributed by atoms with van der Waals surface area (Å²) in [4.78, 5) is 26.7. The number of nitrogens with one attached hydrogen (secondary N) is 1. The molecule has 3 rings (SSSR count). The van der Waals surface area contributed by atoms with Crippen LogP contribution in [0, 0.1) is 11.8 Å². The summed E-state index contributed by atoms with van der Waals surface area (Å²) in [6.07, 6.45) is 1.90. The monoisotopic (exact) mass is 286 g/mol. The maximum Gasteiger partial charge on any atom is 0.307 e. The van der Waals surface area contributed by atoms with E-state index < -0.39 is 17.8 Å². The van der Waals surface area contributed by atoms with Crippen LogP contribution < -0.4 is 5.32 Å². The zero-order valence-electron chi connectivity index (χ0n) is 11.2. The highest BCUT2D eigenvalue weighted by molar-refractivity contribution is 5.89. The summed E-state index contributed by atoms with van der Waals surface area (Å²) >= 11 is 0. The van der Waals surface area contributed by atoms with Crippen molar-refractivity contribution < 1.29 is 19.1 Å². The van der Waals surface area contributed by atoms with Gasteiger partial charge in [-0.3, -0.25) is 9.59 Å². The summed E-state index contributed by atoms with van der Waals surface area (Å²) in [6, 6.07) is 9.45. The fraction of sp³-hybridized carbons (Fsp3) is 0.267. The number of nitrogens with zero attached hydrogens (tertiary/aromatic N) is 1. The third-order valence-electron chi connectivity index (χ3n) is 3.46. The van der Waals surface area contributed by atoms with Crippen LogP contribution in [0.5, 0.6) is 0 Å². The molecule has 1 aromatic carbocycles. The molecule has 1 aliphatic carbocycles. The van der Waals surface area contributed by atoms with E-state index in [0.29, 0.717) is 18.0 Å². The zero-order chi connectivity index (χ0) is 14.8. The Morgan fingerprint density at radius 3 is 2.71 bits per heavy atom. The van der Waals surface area contributed by atoms with E-state index in [1.807, 2.05) is 30.3 Å². The molecule has 1 aromatic heterocycles. The second-order valence-electron chi connectivity index (χ2n) is 5.01.